The Morgan fingerprint density at radius 2 is 2.13 bits per heavy atom. The third kappa shape index (κ3) is 2.30. The van der Waals surface area contributed by atoms with Crippen LogP contribution < -0.4 is 0 Å². The zero-order valence-electron chi connectivity index (χ0n) is 14.5. The number of rotatable bonds is 5. The topological polar surface area (TPSA) is 54.5 Å². The third-order valence-corrected chi connectivity index (χ3v) is 9.01. The van der Waals surface area contributed by atoms with Crippen LogP contribution in [0.4, 0.5) is 0 Å². The summed E-state index contributed by atoms with van der Waals surface area (Å²) in [5, 5.41) is 0. The van der Waals surface area contributed by atoms with Crippen molar-refractivity contribution in [2.75, 3.05) is 5.75 Å². The maximum atomic E-state index is 12.7. The number of carbonyl (C=O) groups is 1. The predicted octanol–water partition coefficient (Wildman–Crippen LogP) is 3.35. The van der Waals surface area contributed by atoms with E-state index >= 15 is 0 Å². The van der Waals surface area contributed by atoms with Crippen LogP contribution in [-0.4, -0.2) is 30.4 Å². The van der Waals surface area contributed by atoms with Crippen molar-refractivity contribution in [3.63, 3.8) is 0 Å². The molecule has 0 N–H and O–H groups in total. The van der Waals surface area contributed by atoms with Crippen LogP contribution in [0, 0.1) is 22.7 Å². The van der Waals surface area contributed by atoms with Gasteiger partial charge in [0.2, 0.25) is 15.9 Å². The van der Waals surface area contributed by atoms with Crippen molar-refractivity contribution >= 4 is 15.9 Å². The maximum Gasteiger partial charge on any atom is 0.238 e. The quantitative estimate of drug-likeness (QED) is 0.722. The SMILES string of the molecule is C=CC[C@H](C)CCC(=O)N1[C@H]2C[C@@H]3CC[C@@]2(CS1(=O)=O)C3(C)C. The van der Waals surface area contributed by atoms with Crippen LogP contribution in [0.3, 0.4) is 0 Å². The molecule has 0 radical (unpaired) electrons. The first-order valence-electron chi connectivity index (χ1n) is 8.81. The molecule has 3 rings (SSSR count). The number of hydrogen-bond donors (Lipinski definition) is 0. The van der Waals surface area contributed by atoms with Gasteiger partial charge in [-0.15, -0.1) is 6.58 Å². The van der Waals surface area contributed by atoms with Crippen LogP contribution in [0.25, 0.3) is 0 Å². The van der Waals surface area contributed by atoms with Crippen molar-refractivity contribution in [3.05, 3.63) is 12.7 Å². The number of amides is 1. The smallest absolute Gasteiger partial charge is 0.238 e. The summed E-state index contributed by atoms with van der Waals surface area (Å²) in [7, 11) is -3.46. The Hall–Kier alpha value is -0.840. The van der Waals surface area contributed by atoms with E-state index in [0.717, 1.165) is 32.1 Å². The highest BCUT2D eigenvalue weighted by molar-refractivity contribution is 7.90. The highest BCUT2D eigenvalue weighted by atomic mass is 32.2. The highest BCUT2D eigenvalue weighted by Crippen LogP contribution is 2.70. The summed E-state index contributed by atoms with van der Waals surface area (Å²) in [6, 6.07) is -0.0940. The lowest BCUT2D eigenvalue weighted by Crippen LogP contribution is -2.44. The molecule has 3 aliphatic rings. The first-order valence-corrected chi connectivity index (χ1v) is 10.4. The second-order valence-corrected chi connectivity index (χ2v) is 10.3. The van der Waals surface area contributed by atoms with Crippen LogP contribution in [0.5, 0.6) is 0 Å². The van der Waals surface area contributed by atoms with Gasteiger partial charge in [-0.25, -0.2) is 12.7 Å². The van der Waals surface area contributed by atoms with Gasteiger partial charge in [-0.2, -0.15) is 0 Å². The molecular formula is C18H29NO3S. The first kappa shape index (κ1) is 17.0. The standard InChI is InChI=1S/C18H29NO3S/c1-5-6-13(2)7-8-16(20)19-15-11-14-9-10-18(15,17(14,3)4)12-23(19,21)22/h5,13-15H,1,6-12H2,2-4H3/t13-,14-,15-,18-/m0/s1. The molecule has 1 aliphatic heterocycles. The molecule has 0 aromatic carbocycles. The Morgan fingerprint density at radius 3 is 2.74 bits per heavy atom. The summed E-state index contributed by atoms with van der Waals surface area (Å²) in [4.78, 5) is 12.7. The summed E-state index contributed by atoms with van der Waals surface area (Å²) in [6.45, 7) is 10.2. The van der Waals surface area contributed by atoms with Crippen molar-refractivity contribution < 1.29 is 13.2 Å². The van der Waals surface area contributed by atoms with E-state index in [0.29, 0.717) is 18.3 Å². The Balaban J connectivity index is 1.81. The van der Waals surface area contributed by atoms with E-state index in [1.807, 2.05) is 6.08 Å². The molecule has 2 saturated carbocycles. The Morgan fingerprint density at radius 1 is 1.43 bits per heavy atom. The second kappa shape index (κ2) is 5.33. The van der Waals surface area contributed by atoms with Gasteiger partial charge in [0, 0.05) is 11.8 Å². The largest absolute Gasteiger partial charge is 0.274 e. The predicted molar refractivity (Wildman–Crippen MR) is 91.2 cm³/mol. The minimum absolute atomic E-state index is 0.0237. The van der Waals surface area contributed by atoms with Gasteiger partial charge in [0.15, 0.2) is 0 Å². The zero-order chi connectivity index (χ0) is 17.0. The van der Waals surface area contributed by atoms with E-state index in [2.05, 4.69) is 27.4 Å². The average Bonchev–Trinajstić information content (AvgIpc) is 2.92. The van der Waals surface area contributed by atoms with Gasteiger partial charge in [-0.1, -0.05) is 26.8 Å². The molecule has 1 spiro atoms. The van der Waals surface area contributed by atoms with E-state index in [4.69, 9.17) is 0 Å². The summed E-state index contributed by atoms with van der Waals surface area (Å²) >= 11 is 0. The minimum atomic E-state index is -3.46. The molecule has 23 heavy (non-hydrogen) atoms. The molecule has 2 aliphatic carbocycles. The number of allylic oxidation sites excluding steroid dienone is 1. The van der Waals surface area contributed by atoms with Crippen LogP contribution in [0.2, 0.25) is 0 Å². The van der Waals surface area contributed by atoms with Gasteiger partial charge in [0.25, 0.3) is 0 Å². The van der Waals surface area contributed by atoms with Crippen molar-refractivity contribution in [1.82, 2.24) is 4.31 Å². The monoisotopic (exact) mass is 339 g/mol. The molecule has 0 unspecified atom stereocenters. The lowest BCUT2D eigenvalue weighted by molar-refractivity contribution is -0.129. The average molecular weight is 340 g/mol. The van der Waals surface area contributed by atoms with Crippen molar-refractivity contribution in [2.45, 2.75) is 65.3 Å². The van der Waals surface area contributed by atoms with Crippen molar-refractivity contribution in [2.24, 2.45) is 22.7 Å². The summed E-state index contributed by atoms with van der Waals surface area (Å²) in [5.74, 6) is 0.901. The van der Waals surface area contributed by atoms with Crippen LogP contribution in [-0.2, 0) is 14.8 Å². The van der Waals surface area contributed by atoms with E-state index in [9.17, 15) is 13.2 Å². The van der Waals surface area contributed by atoms with Gasteiger partial charge in [0.05, 0.1) is 11.8 Å². The lowest BCUT2D eigenvalue weighted by atomic mass is 9.69. The summed E-state index contributed by atoms with van der Waals surface area (Å²) in [6.07, 6.45) is 6.69. The molecule has 0 aromatic rings. The van der Waals surface area contributed by atoms with Gasteiger partial charge >= 0.3 is 0 Å². The molecule has 130 valence electrons. The number of fused-ring (bicyclic) bond motifs is 1. The minimum Gasteiger partial charge on any atom is -0.274 e. The molecule has 0 aromatic heterocycles. The lowest BCUT2D eigenvalue weighted by Gasteiger charge is -2.37. The molecule has 5 heteroatoms. The number of sulfonamides is 1. The highest BCUT2D eigenvalue weighted by Gasteiger charge is 2.72. The molecule has 3 fully saturated rings. The van der Waals surface area contributed by atoms with E-state index in [1.54, 1.807) is 0 Å². The van der Waals surface area contributed by atoms with Crippen molar-refractivity contribution in [3.8, 4) is 0 Å². The number of carbonyl (C=O) groups excluding carboxylic acids is 1. The molecule has 1 saturated heterocycles. The third-order valence-electron chi connectivity index (χ3n) is 7.08. The second-order valence-electron chi connectivity index (χ2n) is 8.48. The normalized spacial score (nSPS) is 37.6. The molecule has 1 heterocycles. The molecule has 4 atom stereocenters. The molecular weight excluding hydrogens is 310 g/mol. The maximum absolute atomic E-state index is 12.7. The van der Waals surface area contributed by atoms with E-state index in [1.165, 1.54) is 4.31 Å². The van der Waals surface area contributed by atoms with Gasteiger partial charge in [-0.05, 0) is 49.4 Å². The van der Waals surface area contributed by atoms with Gasteiger partial charge < -0.3 is 0 Å². The Labute approximate surface area is 140 Å². The number of hydrogen-bond acceptors (Lipinski definition) is 3. The fourth-order valence-electron chi connectivity index (χ4n) is 5.50. The van der Waals surface area contributed by atoms with Gasteiger partial charge in [0.1, 0.15) is 0 Å². The fourth-order valence-corrected chi connectivity index (χ4v) is 8.08. The summed E-state index contributed by atoms with van der Waals surface area (Å²) < 4.78 is 26.8. The summed E-state index contributed by atoms with van der Waals surface area (Å²) in [5.41, 5.74) is -0.186. The van der Waals surface area contributed by atoms with E-state index < -0.39 is 10.0 Å². The van der Waals surface area contributed by atoms with E-state index in [-0.39, 0.29) is 28.5 Å². The Bertz CT molecular complexity index is 624. The zero-order valence-corrected chi connectivity index (χ0v) is 15.4. The van der Waals surface area contributed by atoms with Crippen LogP contribution in [0.15, 0.2) is 12.7 Å². The Kier molecular flexibility index (Phi) is 3.94. The molecule has 2 bridgehead atoms. The fraction of sp³-hybridized carbons (Fsp3) is 0.833. The molecule has 4 nitrogen and oxygen atoms in total. The first-order chi connectivity index (χ1) is 10.7. The van der Waals surface area contributed by atoms with Crippen molar-refractivity contribution in [1.29, 1.82) is 0 Å². The number of nitrogens with zero attached hydrogens (tertiary/aromatic N) is 1. The van der Waals surface area contributed by atoms with Crippen LogP contribution in [0.1, 0.15) is 59.3 Å². The van der Waals surface area contributed by atoms with Gasteiger partial charge in [-0.3, -0.25) is 4.79 Å². The van der Waals surface area contributed by atoms with Crippen LogP contribution >= 0.6 is 0 Å². The molecule has 1 amide bonds.